The normalized spacial score (nSPS) is 10.5. The van der Waals surface area contributed by atoms with Crippen molar-refractivity contribution < 1.29 is 29.3 Å². The summed E-state index contributed by atoms with van der Waals surface area (Å²) in [6.45, 7) is -0.585. The van der Waals surface area contributed by atoms with Gasteiger partial charge in [0.1, 0.15) is 12.4 Å². The molecular weight excluding hydrogens is 312 g/mol. The Morgan fingerprint density at radius 3 is 2.67 bits per heavy atom. The summed E-state index contributed by atoms with van der Waals surface area (Å²) in [6.07, 6.45) is 2.90. The number of phenols is 1. The van der Waals surface area contributed by atoms with Crippen molar-refractivity contribution in [3.8, 4) is 17.2 Å². The van der Waals surface area contributed by atoms with E-state index in [2.05, 4.69) is 0 Å². The number of aliphatic carboxylic acids is 1. The minimum Gasteiger partial charge on any atom is -0.546 e. The van der Waals surface area contributed by atoms with Crippen LogP contribution < -0.4 is 14.6 Å². The number of methoxy groups -OCH3 is 1. The summed E-state index contributed by atoms with van der Waals surface area (Å²) in [5, 5.41) is 20.1. The van der Waals surface area contributed by atoms with E-state index < -0.39 is 12.6 Å². The van der Waals surface area contributed by atoms with E-state index in [1.54, 1.807) is 36.4 Å². The second-order valence-corrected chi connectivity index (χ2v) is 4.82. The minimum atomic E-state index is -1.34. The van der Waals surface area contributed by atoms with Gasteiger partial charge in [0.2, 0.25) is 0 Å². The smallest absolute Gasteiger partial charge is 0.185 e. The topological polar surface area (TPSA) is 95.9 Å². The van der Waals surface area contributed by atoms with E-state index in [0.29, 0.717) is 16.9 Å². The Bertz CT molecular complexity index is 779. The molecule has 0 amide bonds. The number of phenolic OH excluding ortho intramolecular Hbond substituents is 1. The van der Waals surface area contributed by atoms with E-state index in [1.807, 2.05) is 0 Å². The van der Waals surface area contributed by atoms with Crippen LogP contribution in [0.5, 0.6) is 17.2 Å². The highest BCUT2D eigenvalue weighted by Gasteiger charge is 2.05. The number of carbonyl (C=O) groups is 2. The number of hydrogen-bond acceptors (Lipinski definition) is 6. The van der Waals surface area contributed by atoms with Crippen LogP contribution in [0.1, 0.15) is 15.9 Å². The summed E-state index contributed by atoms with van der Waals surface area (Å²) in [7, 11) is 1.45. The quantitative estimate of drug-likeness (QED) is 0.610. The van der Waals surface area contributed by atoms with E-state index in [0.717, 1.165) is 0 Å². The van der Waals surface area contributed by atoms with Gasteiger partial charge in [-0.05, 0) is 35.9 Å². The SMILES string of the molecule is COc1ccc(/C=C/C(=O)c2cccc(OCC(=O)[O-])c2)cc1O. The fourth-order valence-corrected chi connectivity index (χ4v) is 1.96. The molecule has 2 rings (SSSR count). The number of ether oxygens (including phenoxy) is 2. The van der Waals surface area contributed by atoms with Gasteiger partial charge in [0.25, 0.3) is 0 Å². The van der Waals surface area contributed by atoms with E-state index >= 15 is 0 Å². The molecule has 0 radical (unpaired) electrons. The van der Waals surface area contributed by atoms with Crippen LogP contribution in [0.4, 0.5) is 0 Å². The lowest BCUT2D eigenvalue weighted by Gasteiger charge is -2.07. The van der Waals surface area contributed by atoms with Gasteiger partial charge in [0, 0.05) is 5.56 Å². The van der Waals surface area contributed by atoms with Crippen molar-refractivity contribution in [3.05, 3.63) is 59.7 Å². The molecular formula is C18H15O6-. The standard InChI is InChI=1S/C18H16O6/c1-23-17-8-6-12(9-16(17)20)5-7-15(19)13-3-2-4-14(10-13)24-11-18(21)22/h2-10,20H,11H2,1H3,(H,21,22)/p-1/b7-5+. The maximum atomic E-state index is 12.2. The molecule has 0 spiro atoms. The number of allylic oxidation sites excluding steroid dienone is 1. The molecule has 0 fully saturated rings. The van der Waals surface area contributed by atoms with Crippen molar-refractivity contribution >= 4 is 17.8 Å². The lowest BCUT2D eigenvalue weighted by Crippen LogP contribution is -2.28. The zero-order valence-electron chi connectivity index (χ0n) is 12.9. The first-order chi connectivity index (χ1) is 11.5. The molecule has 0 aromatic heterocycles. The molecule has 0 aliphatic rings. The largest absolute Gasteiger partial charge is 0.546 e. The molecule has 24 heavy (non-hydrogen) atoms. The molecule has 2 aromatic rings. The third kappa shape index (κ3) is 4.61. The van der Waals surface area contributed by atoms with Crippen molar-refractivity contribution in [2.24, 2.45) is 0 Å². The van der Waals surface area contributed by atoms with Gasteiger partial charge >= 0.3 is 0 Å². The Morgan fingerprint density at radius 1 is 1.21 bits per heavy atom. The predicted molar refractivity (Wildman–Crippen MR) is 85.0 cm³/mol. The molecule has 0 atom stereocenters. The first kappa shape index (κ1) is 17.1. The van der Waals surface area contributed by atoms with E-state index in [1.165, 1.54) is 25.3 Å². The maximum Gasteiger partial charge on any atom is 0.185 e. The van der Waals surface area contributed by atoms with Crippen LogP contribution in [-0.2, 0) is 4.79 Å². The molecule has 2 aromatic carbocycles. The summed E-state index contributed by atoms with van der Waals surface area (Å²) >= 11 is 0. The fraction of sp³-hybridized carbons (Fsp3) is 0.111. The number of aromatic hydroxyl groups is 1. The number of carboxylic acid groups (broad SMARTS) is 1. The molecule has 1 N–H and O–H groups in total. The lowest BCUT2D eigenvalue weighted by atomic mass is 10.1. The van der Waals surface area contributed by atoms with Crippen LogP contribution in [0.2, 0.25) is 0 Å². The molecule has 0 heterocycles. The highest BCUT2D eigenvalue weighted by atomic mass is 16.5. The summed E-state index contributed by atoms with van der Waals surface area (Å²) in [5.41, 5.74) is 0.978. The lowest BCUT2D eigenvalue weighted by molar-refractivity contribution is -0.307. The van der Waals surface area contributed by atoms with E-state index in [9.17, 15) is 19.8 Å². The third-order valence-electron chi connectivity index (χ3n) is 3.11. The van der Waals surface area contributed by atoms with Crippen LogP contribution >= 0.6 is 0 Å². The van der Waals surface area contributed by atoms with Crippen LogP contribution in [0.3, 0.4) is 0 Å². The van der Waals surface area contributed by atoms with Crippen LogP contribution in [-0.4, -0.2) is 30.6 Å². The molecule has 0 aliphatic carbocycles. The minimum absolute atomic E-state index is 0.0234. The van der Waals surface area contributed by atoms with Crippen LogP contribution in [0, 0.1) is 0 Å². The Hall–Kier alpha value is -3.28. The van der Waals surface area contributed by atoms with Crippen molar-refractivity contribution in [2.75, 3.05) is 13.7 Å². The van der Waals surface area contributed by atoms with E-state index in [-0.39, 0.29) is 17.3 Å². The van der Waals surface area contributed by atoms with Crippen molar-refractivity contribution in [2.45, 2.75) is 0 Å². The average molecular weight is 327 g/mol. The number of benzene rings is 2. The average Bonchev–Trinajstić information content (AvgIpc) is 2.58. The van der Waals surface area contributed by atoms with E-state index in [4.69, 9.17) is 9.47 Å². The highest BCUT2D eigenvalue weighted by Crippen LogP contribution is 2.26. The second-order valence-electron chi connectivity index (χ2n) is 4.82. The van der Waals surface area contributed by atoms with Crippen molar-refractivity contribution in [3.63, 3.8) is 0 Å². The predicted octanol–water partition coefficient (Wildman–Crippen LogP) is 1.43. The van der Waals surface area contributed by atoms with Gasteiger partial charge in [0.15, 0.2) is 17.3 Å². The molecule has 0 unspecified atom stereocenters. The van der Waals surface area contributed by atoms with Gasteiger partial charge in [0.05, 0.1) is 13.1 Å². The molecule has 6 heteroatoms. The van der Waals surface area contributed by atoms with Gasteiger partial charge < -0.3 is 24.5 Å². The Morgan fingerprint density at radius 2 is 2.00 bits per heavy atom. The number of carbonyl (C=O) groups excluding carboxylic acids is 2. The van der Waals surface area contributed by atoms with Crippen molar-refractivity contribution in [1.29, 1.82) is 0 Å². The zero-order chi connectivity index (χ0) is 17.5. The molecule has 0 aliphatic heterocycles. The number of ketones is 1. The summed E-state index contributed by atoms with van der Waals surface area (Å²) in [5.74, 6) is -1.04. The molecule has 0 bridgehead atoms. The highest BCUT2D eigenvalue weighted by molar-refractivity contribution is 6.07. The number of carboxylic acids is 1. The van der Waals surface area contributed by atoms with Gasteiger partial charge in [-0.3, -0.25) is 4.79 Å². The Balaban J connectivity index is 2.10. The first-order valence-corrected chi connectivity index (χ1v) is 7.01. The molecule has 0 saturated carbocycles. The maximum absolute atomic E-state index is 12.2. The fourth-order valence-electron chi connectivity index (χ4n) is 1.96. The molecule has 124 valence electrons. The third-order valence-corrected chi connectivity index (χ3v) is 3.11. The second kappa shape index (κ2) is 7.82. The molecule has 6 nitrogen and oxygen atoms in total. The van der Waals surface area contributed by atoms with Gasteiger partial charge in [-0.25, -0.2) is 0 Å². The van der Waals surface area contributed by atoms with Crippen LogP contribution in [0.15, 0.2) is 48.5 Å². The Kier molecular flexibility index (Phi) is 5.57. The number of hydrogen-bond donors (Lipinski definition) is 1. The van der Waals surface area contributed by atoms with Gasteiger partial charge in [-0.15, -0.1) is 0 Å². The Labute approximate surface area is 138 Å². The number of rotatable bonds is 7. The van der Waals surface area contributed by atoms with Gasteiger partial charge in [-0.2, -0.15) is 0 Å². The van der Waals surface area contributed by atoms with Crippen LogP contribution in [0.25, 0.3) is 6.08 Å². The molecule has 0 saturated heterocycles. The zero-order valence-corrected chi connectivity index (χ0v) is 12.9. The first-order valence-electron chi connectivity index (χ1n) is 7.01. The monoisotopic (exact) mass is 327 g/mol. The van der Waals surface area contributed by atoms with Crippen molar-refractivity contribution in [1.82, 2.24) is 0 Å². The van der Waals surface area contributed by atoms with Gasteiger partial charge in [-0.1, -0.05) is 24.3 Å². The summed E-state index contributed by atoms with van der Waals surface area (Å²) in [4.78, 5) is 22.5. The summed E-state index contributed by atoms with van der Waals surface area (Å²) < 4.78 is 9.92. The summed E-state index contributed by atoms with van der Waals surface area (Å²) in [6, 6.07) is 10.9.